The quantitative estimate of drug-likeness (QED) is 0.354. The topological polar surface area (TPSA) is 38.8 Å². The number of hydrogen-bond acceptors (Lipinski definition) is 4. The van der Waals surface area contributed by atoms with Gasteiger partial charge in [-0.1, -0.05) is 42.5 Å². The molecule has 31 heavy (non-hydrogen) atoms. The number of carbonyl (C=O) groups excluding carboxylic acids is 1. The molecule has 0 aliphatic carbocycles. The number of anilines is 1. The number of Topliss-reactive ketones (excluding diaryl/α,β-unsaturated/α-hetero) is 1. The number of unbranched alkanes of at least 4 members (excludes halogenated alkanes) is 1. The van der Waals surface area contributed by atoms with Gasteiger partial charge in [-0.25, -0.2) is 0 Å². The molecule has 4 heteroatoms. The van der Waals surface area contributed by atoms with Gasteiger partial charge in [-0.2, -0.15) is 0 Å². The Labute approximate surface area is 183 Å². The molecule has 3 aromatic rings. The second-order valence-corrected chi connectivity index (χ2v) is 7.67. The van der Waals surface area contributed by atoms with Gasteiger partial charge in [0.25, 0.3) is 0 Å². The summed E-state index contributed by atoms with van der Waals surface area (Å²) in [5.41, 5.74) is 3.48. The Morgan fingerprint density at radius 1 is 0.935 bits per heavy atom. The highest BCUT2D eigenvalue weighted by molar-refractivity contribution is 6.14. The fourth-order valence-corrected chi connectivity index (χ4v) is 3.60. The normalized spacial score (nSPS) is 14.1. The SMILES string of the molecule is CN(CCCCOc1ccc(/C=C2\COc3ccccc3C2=O)cc1)c1ccccc1. The van der Waals surface area contributed by atoms with Gasteiger partial charge in [-0.15, -0.1) is 0 Å². The van der Waals surface area contributed by atoms with E-state index in [9.17, 15) is 4.79 Å². The molecule has 0 bridgehead atoms. The molecule has 0 radical (unpaired) electrons. The molecule has 1 heterocycles. The number of nitrogens with zero attached hydrogens (tertiary/aromatic N) is 1. The Balaban J connectivity index is 1.24. The number of para-hydroxylation sites is 2. The number of carbonyl (C=O) groups is 1. The molecule has 0 fully saturated rings. The minimum Gasteiger partial charge on any atom is -0.494 e. The molecule has 0 N–H and O–H groups in total. The Bertz CT molecular complexity index is 1040. The fourth-order valence-electron chi connectivity index (χ4n) is 3.60. The van der Waals surface area contributed by atoms with Crippen molar-refractivity contribution in [2.75, 3.05) is 31.7 Å². The monoisotopic (exact) mass is 413 g/mol. The van der Waals surface area contributed by atoms with Crippen molar-refractivity contribution >= 4 is 17.5 Å². The van der Waals surface area contributed by atoms with Crippen LogP contribution in [-0.4, -0.2) is 32.6 Å². The molecule has 0 aromatic heterocycles. The van der Waals surface area contributed by atoms with Crippen molar-refractivity contribution in [3.63, 3.8) is 0 Å². The average molecular weight is 414 g/mol. The maximum atomic E-state index is 12.7. The number of rotatable bonds is 8. The van der Waals surface area contributed by atoms with E-state index in [1.807, 2.05) is 54.6 Å². The van der Waals surface area contributed by atoms with Gasteiger partial charge in [0.2, 0.25) is 0 Å². The lowest BCUT2D eigenvalue weighted by molar-refractivity contribution is 0.100. The predicted molar refractivity (Wildman–Crippen MR) is 125 cm³/mol. The zero-order valence-corrected chi connectivity index (χ0v) is 17.8. The first-order chi connectivity index (χ1) is 15.2. The molecule has 1 aliphatic rings. The molecule has 0 atom stereocenters. The lowest BCUT2D eigenvalue weighted by Crippen LogP contribution is -2.18. The van der Waals surface area contributed by atoms with Gasteiger partial charge in [-0.05, 0) is 60.9 Å². The summed E-state index contributed by atoms with van der Waals surface area (Å²) in [5, 5.41) is 0. The van der Waals surface area contributed by atoms with Crippen LogP contribution in [0.1, 0.15) is 28.8 Å². The molecule has 3 aromatic carbocycles. The summed E-state index contributed by atoms with van der Waals surface area (Å²) in [7, 11) is 2.12. The zero-order valence-electron chi connectivity index (χ0n) is 17.8. The molecule has 4 nitrogen and oxygen atoms in total. The highest BCUT2D eigenvalue weighted by Gasteiger charge is 2.22. The van der Waals surface area contributed by atoms with Crippen molar-refractivity contribution in [2.24, 2.45) is 0 Å². The van der Waals surface area contributed by atoms with Crippen LogP contribution in [0.2, 0.25) is 0 Å². The largest absolute Gasteiger partial charge is 0.494 e. The van der Waals surface area contributed by atoms with E-state index in [4.69, 9.17) is 9.47 Å². The maximum Gasteiger partial charge on any atom is 0.196 e. The molecular weight excluding hydrogens is 386 g/mol. The molecule has 1 aliphatic heterocycles. The molecular formula is C27H27NO3. The summed E-state index contributed by atoms with van der Waals surface area (Å²) >= 11 is 0. The van der Waals surface area contributed by atoms with Gasteiger partial charge in [0, 0.05) is 24.9 Å². The molecule has 0 saturated heterocycles. The highest BCUT2D eigenvalue weighted by Crippen LogP contribution is 2.27. The van der Waals surface area contributed by atoms with Crippen molar-refractivity contribution in [1.82, 2.24) is 0 Å². The van der Waals surface area contributed by atoms with Crippen molar-refractivity contribution in [1.29, 1.82) is 0 Å². The molecule has 4 rings (SSSR count). The Morgan fingerprint density at radius 3 is 2.48 bits per heavy atom. The number of ether oxygens (including phenoxy) is 2. The second-order valence-electron chi connectivity index (χ2n) is 7.67. The third-order valence-electron chi connectivity index (χ3n) is 5.38. The van der Waals surface area contributed by atoms with Crippen molar-refractivity contribution in [3.05, 3.63) is 95.6 Å². The van der Waals surface area contributed by atoms with Crippen LogP contribution in [0.25, 0.3) is 6.08 Å². The average Bonchev–Trinajstić information content (AvgIpc) is 2.82. The van der Waals surface area contributed by atoms with Crippen LogP contribution in [-0.2, 0) is 0 Å². The molecule has 0 saturated carbocycles. The van der Waals surface area contributed by atoms with Gasteiger partial charge in [0.1, 0.15) is 18.1 Å². The van der Waals surface area contributed by atoms with Gasteiger partial charge in [0.15, 0.2) is 5.78 Å². The van der Waals surface area contributed by atoms with Crippen LogP contribution in [0, 0.1) is 0 Å². The second kappa shape index (κ2) is 9.98. The first-order valence-corrected chi connectivity index (χ1v) is 10.7. The van der Waals surface area contributed by atoms with E-state index in [-0.39, 0.29) is 5.78 Å². The van der Waals surface area contributed by atoms with Crippen molar-refractivity contribution < 1.29 is 14.3 Å². The smallest absolute Gasteiger partial charge is 0.196 e. The summed E-state index contributed by atoms with van der Waals surface area (Å²) in [6, 6.07) is 25.6. The zero-order chi connectivity index (χ0) is 21.5. The molecule has 0 spiro atoms. The summed E-state index contributed by atoms with van der Waals surface area (Å²) < 4.78 is 11.6. The minimum atomic E-state index is 0.0302. The first kappa shape index (κ1) is 20.7. The van der Waals surface area contributed by atoms with Gasteiger partial charge < -0.3 is 14.4 Å². The van der Waals surface area contributed by atoms with Gasteiger partial charge in [-0.3, -0.25) is 4.79 Å². The summed E-state index contributed by atoms with van der Waals surface area (Å²) in [6.45, 7) is 1.98. The van der Waals surface area contributed by atoms with Crippen LogP contribution in [0.15, 0.2) is 84.4 Å². The third-order valence-corrected chi connectivity index (χ3v) is 5.38. The molecule has 0 amide bonds. The van der Waals surface area contributed by atoms with Crippen LogP contribution >= 0.6 is 0 Å². The Morgan fingerprint density at radius 2 is 1.68 bits per heavy atom. The number of benzene rings is 3. The molecule has 158 valence electrons. The maximum absolute atomic E-state index is 12.7. The van der Waals surface area contributed by atoms with Crippen LogP contribution in [0.4, 0.5) is 5.69 Å². The Kier molecular flexibility index (Phi) is 6.68. The standard InChI is InChI=1S/C27H27NO3/c1-28(23-9-3-2-4-10-23)17-7-8-18-30-24-15-13-21(14-16-24)19-22-20-31-26-12-6-5-11-25(26)27(22)29/h2-6,9-16,19H,7-8,17-18,20H2,1H3/b22-19+. The van der Waals surface area contributed by atoms with E-state index in [0.717, 1.165) is 30.7 Å². The number of fused-ring (bicyclic) bond motifs is 1. The van der Waals surface area contributed by atoms with Crippen LogP contribution in [0.5, 0.6) is 11.5 Å². The lowest BCUT2D eigenvalue weighted by Gasteiger charge is -2.19. The Hall–Kier alpha value is -3.53. The number of hydrogen-bond donors (Lipinski definition) is 0. The van der Waals surface area contributed by atoms with Crippen molar-refractivity contribution in [2.45, 2.75) is 12.8 Å². The first-order valence-electron chi connectivity index (χ1n) is 10.7. The van der Waals surface area contributed by atoms with E-state index < -0.39 is 0 Å². The van der Waals surface area contributed by atoms with Crippen LogP contribution < -0.4 is 14.4 Å². The van der Waals surface area contributed by atoms with Gasteiger partial charge >= 0.3 is 0 Å². The lowest BCUT2D eigenvalue weighted by atomic mass is 9.98. The summed E-state index contributed by atoms with van der Waals surface area (Å²) in [6.07, 6.45) is 3.95. The minimum absolute atomic E-state index is 0.0302. The van der Waals surface area contributed by atoms with E-state index in [1.165, 1.54) is 5.69 Å². The van der Waals surface area contributed by atoms with E-state index in [0.29, 0.717) is 30.1 Å². The molecule has 0 unspecified atom stereocenters. The highest BCUT2D eigenvalue weighted by atomic mass is 16.5. The van der Waals surface area contributed by atoms with Crippen molar-refractivity contribution in [3.8, 4) is 11.5 Å². The fraction of sp³-hybridized carbons (Fsp3) is 0.222. The van der Waals surface area contributed by atoms with Crippen LogP contribution in [0.3, 0.4) is 0 Å². The third kappa shape index (κ3) is 5.34. The van der Waals surface area contributed by atoms with E-state index >= 15 is 0 Å². The summed E-state index contributed by atoms with van der Waals surface area (Å²) in [4.78, 5) is 14.9. The van der Waals surface area contributed by atoms with E-state index in [1.54, 1.807) is 6.07 Å². The summed E-state index contributed by atoms with van der Waals surface area (Å²) in [5.74, 6) is 1.53. The van der Waals surface area contributed by atoms with Gasteiger partial charge in [0.05, 0.1) is 12.2 Å². The number of ketones is 1. The van der Waals surface area contributed by atoms with E-state index in [2.05, 4.69) is 36.2 Å². The predicted octanol–water partition coefficient (Wildman–Crippen LogP) is 5.64.